The van der Waals surface area contributed by atoms with Crippen LogP contribution in [0.15, 0.2) is 65.5 Å². The topological polar surface area (TPSA) is 84.2 Å². The molecule has 0 saturated heterocycles. The molecular weight excluding hydrogens is 423 g/mol. The SMILES string of the molecule is O=C(NCC(O)C(F)(F)F)c1cc(-c2ccc(Cl)cc2)nn(-c2ccccc2)c1=O. The summed E-state index contributed by atoms with van der Waals surface area (Å²) in [7, 11) is 0. The van der Waals surface area contributed by atoms with Crippen molar-refractivity contribution in [1.29, 1.82) is 0 Å². The van der Waals surface area contributed by atoms with Crippen molar-refractivity contribution in [2.24, 2.45) is 0 Å². The van der Waals surface area contributed by atoms with Gasteiger partial charge in [0.15, 0.2) is 6.10 Å². The van der Waals surface area contributed by atoms with E-state index in [9.17, 15) is 22.8 Å². The second kappa shape index (κ2) is 8.68. The average Bonchev–Trinajstić information content (AvgIpc) is 2.72. The zero-order chi connectivity index (χ0) is 21.9. The highest BCUT2D eigenvalue weighted by atomic mass is 35.5. The number of nitrogens with zero attached hydrogens (tertiary/aromatic N) is 2. The maximum Gasteiger partial charge on any atom is 0.416 e. The highest BCUT2D eigenvalue weighted by Gasteiger charge is 2.38. The van der Waals surface area contributed by atoms with E-state index in [2.05, 4.69) is 5.10 Å². The van der Waals surface area contributed by atoms with Gasteiger partial charge >= 0.3 is 6.18 Å². The van der Waals surface area contributed by atoms with Gasteiger partial charge in [0.05, 0.1) is 17.9 Å². The van der Waals surface area contributed by atoms with E-state index in [0.29, 0.717) is 16.3 Å². The lowest BCUT2D eigenvalue weighted by Crippen LogP contribution is -2.42. The smallest absolute Gasteiger partial charge is 0.382 e. The molecule has 1 unspecified atom stereocenters. The zero-order valence-corrected chi connectivity index (χ0v) is 16.0. The molecule has 0 aliphatic rings. The van der Waals surface area contributed by atoms with Crippen molar-refractivity contribution < 1.29 is 23.1 Å². The predicted octanol–water partition coefficient (Wildman–Crippen LogP) is 3.21. The van der Waals surface area contributed by atoms with Crippen LogP contribution < -0.4 is 10.9 Å². The van der Waals surface area contributed by atoms with Crippen LogP contribution in [0.4, 0.5) is 13.2 Å². The molecule has 0 spiro atoms. The molecule has 1 amide bonds. The molecule has 0 aliphatic carbocycles. The third kappa shape index (κ3) is 4.87. The van der Waals surface area contributed by atoms with Crippen molar-refractivity contribution in [2.75, 3.05) is 6.54 Å². The van der Waals surface area contributed by atoms with Crippen molar-refractivity contribution in [2.45, 2.75) is 12.3 Å². The number of para-hydroxylation sites is 1. The van der Waals surface area contributed by atoms with Crippen molar-refractivity contribution in [3.05, 3.63) is 81.6 Å². The Morgan fingerprint density at radius 1 is 1.13 bits per heavy atom. The van der Waals surface area contributed by atoms with Gasteiger partial charge in [-0.1, -0.05) is 41.9 Å². The number of halogens is 4. The molecule has 1 atom stereocenters. The van der Waals surface area contributed by atoms with Crippen molar-refractivity contribution in [1.82, 2.24) is 15.1 Å². The normalized spacial score (nSPS) is 12.4. The summed E-state index contributed by atoms with van der Waals surface area (Å²) in [5, 5.41) is 15.8. The number of hydrogen-bond acceptors (Lipinski definition) is 4. The van der Waals surface area contributed by atoms with Gasteiger partial charge in [0.25, 0.3) is 11.5 Å². The summed E-state index contributed by atoms with van der Waals surface area (Å²) in [6, 6.07) is 15.9. The highest BCUT2D eigenvalue weighted by molar-refractivity contribution is 6.30. The average molecular weight is 438 g/mol. The van der Waals surface area contributed by atoms with E-state index >= 15 is 0 Å². The van der Waals surface area contributed by atoms with E-state index in [-0.39, 0.29) is 5.69 Å². The maximum absolute atomic E-state index is 12.8. The summed E-state index contributed by atoms with van der Waals surface area (Å²) >= 11 is 5.89. The van der Waals surface area contributed by atoms with Crippen LogP contribution in [0.1, 0.15) is 10.4 Å². The summed E-state index contributed by atoms with van der Waals surface area (Å²) < 4.78 is 38.5. The zero-order valence-electron chi connectivity index (χ0n) is 15.2. The van der Waals surface area contributed by atoms with Crippen LogP contribution in [0.2, 0.25) is 5.02 Å². The first-order valence-electron chi connectivity index (χ1n) is 8.65. The molecule has 2 aromatic carbocycles. The third-order valence-corrected chi connectivity index (χ3v) is 4.38. The molecule has 0 radical (unpaired) electrons. The first kappa shape index (κ1) is 21.5. The van der Waals surface area contributed by atoms with Gasteiger partial charge in [-0.25, -0.2) is 0 Å². The largest absolute Gasteiger partial charge is 0.416 e. The number of rotatable bonds is 5. The number of carbonyl (C=O) groups is 1. The van der Waals surface area contributed by atoms with Crippen molar-refractivity contribution in [3.63, 3.8) is 0 Å². The van der Waals surface area contributed by atoms with Gasteiger partial charge < -0.3 is 10.4 Å². The molecule has 2 N–H and O–H groups in total. The summed E-state index contributed by atoms with van der Waals surface area (Å²) in [4.78, 5) is 25.3. The fourth-order valence-electron chi connectivity index (χ4n) is 2.56. The highest BCUT2D eigenvalue weighted by Crippen LogP contribution is 2.21. The molecule has 30 heavy (non-hydrogen) atoms. The Bertz CT molecular complexity index is 1100. The number of aliphatic hydroxyl groups excluding tert-OH is 1. The minimum absolute atomic E-state index is 0.233. The summed E-state index contributed by atoms with van der Waals surface area (Å²) in [6.45, 7) is -1.09. The summed E-state index contributed by atoms with van der Waals surface area (Å²) in [5.74, 6) is -1.06. The monoisotopic (exact) mass is 437 g/mol. The van der Waals surface area contributed by atoms with Crippen LogP contribution in [0, 0.1) is 0 Å². The number of hydrogen-bond donors (Lipinski definition) is 2. The summed E-state index contributed by atoms with van der Waals surface area (Å²) in [5.41, 5.74) is -0.112. The molecule has 0 bridgehead atoms. The molecule has 0 fully saturated rings. The Hall–Kier alpha value is -3.17. The van der Waals surface area contributed by atoms with Gasteiger partial charge in [-0.3, -0.25) is 9.59 Å². The Labute approximate surface area is 173 Å². The Morgan fingerprint density at radius 2 is 1.77 bits per heavy atom. The second-order valence-electron chi connectivity index (χ2n) is 6.27. The van der Waals surface area contributed by atoms with Crippen molar-refractivity contribution >= 4 is 17.5 Å². The van der Waals surface area contributed by atoms with Gasteiger partial charge in [-0.2, -0.15) is 23.0 Å². The van der Waals surface area contributed by atoms with Crippen LogP contribution in [0.3, 0.4) is 0 Å². The minimum Gasteiger partial charge on any atom is -0.382 e. The summed E-state index contributed by atoms with van der Waals surface area (Å²) in [6.07, 6.45) is -7.65. The molecule has 0 aliphatic heterocycles. The van der Waals surface area contributed by atoms with Crippen molar-refractivity contribution in [3.8, 4) is 16.9 Å². The molecule has 156 valence electrons. The van der Waals surface area contributed by atoms with Gasteiger partial charge in [-0.05, 0) is 30.3 Å². The quantitative estimate of drug-likeness (QED) is 0.642. The van der Waals surface area contributed by atoms with Crippen LogP contribution in [0.5, 0.6) is 0 Å². The standard InChI is InChI=1S/C20H15ClF3N3O3/c21-13-8-6-12(7-9-13)16-10-15(18(29)25-11-17(28)20(22,23)24)19(30)27(26-16)14-4-2-1-3-5-14/h1-10,17,28H,11H2,(H,25,29). The number of aromatic nitrogens is 2. The maximum atomic E-state index is 12.8. The van der Waals surface area contributed by atoms with E-state index in [4.69, 9.17) is 16.7 Å². The van der Waals surface area contributed by atoms with Crippen LogP contribution >= 0.6 is 11.6 Å². The lowest BCUT2D eigenvalue weighted by atomic mass is 10.1. The molecule has 1 heterocycles. The first-order chi connectivity index (χ1) is 14.2. The molecule has 3 rings (SSSR count). The number of amides is 1. The van der Waals surface area contributed by atoms with Gasteiger partial charge in [0.2, 0.25) is 0 Å². The fourth-order valence-corrected chi connectivity index (χ4v) is 2.69. The van der Waals surface area contributed by atoms with E-state index in [1.54, 1.807) is 54.6 Å². The Balaban J connectivity index is 2.05. The van der Waals surface area contributed by atoms with E-state index in [0.717, 1.165) is 4.68 Å². The molecule has 6 nitrogen and oxygen atoms in total. The minimum atomic E-state index is -4.90. The number of benzene rings is 2. The molecule has 0 saturated carbocycles. The van der Waals surface area contributed by atoms with Crippen LogP contribution in [-0.2, 0) is 0 Å². The van der Waals surface area contributed by atoms with E-state index in [1.807, 2.05) is 5.32 Å². The number of carbonyl (C=O) groups excluding carboxylic acids is 1. The van der Waals surface area contributed by atoms with Gasteiger partial charge in [0.1, 0.15) is 5.56 Å². The van der Waals surface area contributed by atoms with Crippen LogP contribution in [0.25, 0.3) is 16.9 Å². The predicted molar refractivity (Wildman–Crippen MR) is 105 cm³/mol. The number of aliphatic hydroxyl groups is 1. The molecule has 1 aromatic heterocycles. The third-order valence-electron chi connectivity index (χ3n) is 4.13. The Morgan fingerprint density at radius 3 is 2.37 bits per heavy atom. The van der Waals surface area contributed by atoms with Crippen LogP contribution in [-0.4, -0.2) is 39.6 Å². The first-order valence-corrected chi connectivity index (χ1v) is 9.03. The number of alkyl halides is 3. The van der Waals surface area contributed by atoms with E-state index < -0.39 is 35.9 Å². The van der Waals surface area contributed by atoms with E-state index in [1.165, 1.54) is 6.07 Å². The molecule has 3 aromatic rings. The van der Waals surface area contributed by atoms with Gasteiger partial charge in [-0.15, -0.1) is 0 Å². The fraction of sp³-hybridized carbons (Fsp3) is 0.150. The molecular formula is C20H15ClF3N3O3. The number of nitrogens with one attached hydrogen (secondary N) is 1. The lowest BCUT2D eigenvalue weighted by Gasteiger charge is -2.15. The Kier molecular flexibility index (Phi) is 6.23. The van der Waals surface area contributed by atoms with Gasteiger partial charge in [0, 0.05) is 10.6 Å². The molecule has 10 heteroatoms. The lowest BCUT2D eigenvalue weighted by molar-refractivity contribution is -0.201. The second-order valence-corrected chi connectivity index (χ2v) is 6.71.